The van der Waals surface area contributed by atoms with Crippen molar-refractivity contribution in [2.45, 2.75) is 6.54 Å². The molecule has 0 saturated heterocycles. The van der Waals surface area contributed by atoms with E-state index in [9.17, 15) is 8.42 Å². The minimum absolute atomic E-state index is 0. The number of sulfonamides is 1. The first-order valence-electron chi connectivity index (χ1n) is 5.35. The Kier molecular flexibility index (Phi) is 8.07. The predicted molar refractivity (Wildman–Crippen MR) is 83.8 cm³/mol. The number of benzene rings is 2. The third-order valence-electron chi connectivity index (χ3n) is 2.81. The summed E-state index contributed by atoms with van der Waals surface area (Å²) in [4.78, 5) is 0. The topological polar surface area (TPSA) is 37.4 Å². The van der Waals surface area contributed by atoms with E-state index >= 15 is 0 Å². The molecule has 0 heterocycles. The van der Waals surface area contributed by atoms with Gasteiger partial charge < -0.3 is 7.43 Å². The van der Waals surface area contributed by atoms with Gasteiger partial charge in [0, 0.05) is 43.7 Å². The van der Waals surface area contributed by atoms with E-state index in [-0.39, 0.29) is 40.1 Å². The fraction of sp³-hybridized carbons (Fsp3) is 0.143. The molecule has 0 spiro atoms. The molecular weight excluding hydrogens is 415 g/mol. The van der Waals surface area contributed by atoms with E-state index in [4.69, 9.17) is 0 Å². The molecule has 0 aliphatic heterocycles. The number of fused-ring (bicyclic) bond motifs is 1. The van der Waals surface area contributed by atoms with Crippen molar-refractivity contribution in [1.29, 1.82) is 0 Å². The molecule has 0 aromatic heterocycles. The maximum absolute atomic E-state index is 11.3. The molecule has 6 heteroatoms. The van der Waals surface area contributed by atoms with Crippen LogP contribution in [0.25, 0.3) is 10.8 Å². The van der Waals surface area contributed by atoms with E-state index in [1.165, 1.54) is 11.4 Å². The molecule has 20 heavy (non-hydrogen) atoms. The molecule has 0 amide bonds. The Bertz CT molecular complexity index is 689. The SMILES string of the molecule is [CH2-]S(=O)(=O)N(C)Cc1ccc2ccccc2c1Br.[CH3-].[Y]. The van der Waals surface area contributed by atoms with Crippen LogP contribution in [0.5, 0.6) is 0 Å². The molecule has 107 valence electrons. The summed E-state index contributed by atoms with van der Waals surface area (Å²) in [7, 11) is -1.89. The van der Waals surface area contributed by atoms with E-state index in [0.29, 0.717) is 6.54 Å². The van der Waals surface area contributed by atoms with Crippen LogP contribution in [0.15, 0.2) is 40.9 Å². The molecular formula is C14H16BrNO2SY-2. The maximum Gasteiger partial charge on any atom is 0.0822 e. The van der Waals surface area contributed by atoms with Crippen molar-refractivity contribution in [1.82, 2.24) is 4.31 Å². The average molecular weight is 431 g/mol. The van der Waals surface area contributed by atoms with Crippen molar-refractivity contribution in [3.63, 3.8) is 0 Å². The molecule has 0 unspecified atom stereocenters. The molecule has 3 nitrogen and oxygen atoms in total. The van der Waals surface area contributed by atoms with Gasteiger partial charge in [-0.2, -0.15) is 0 Å². The maximum atomic E-state index is 11.3. The number of hydrogen-bond donors (Lipinski definition) is 0. The fourth-order valence-electron chi connectivity index (χ4n) is 1.74. The van der Waals surface area contributed by atoms with Crippen LogP contribution in [0.2, 0.25) is 0 Å². The molecule has 0 aliphatic rings. The van der Waals surface area contributed by atoms with Gasteiger partial charge in [-0.15, -0.1) is 0 Å². The number of nitrogens with zero attached hydrogens (tertiary/aromatic N) is 1. The van der Waals surface area contributed by atoms with E-state index < -0.39 is 10.0 Å². The predicted octanol–water partition coefficient (Wildman–Crippen LogP) is 3.60. The number of rotatable bonds is 3. The summed E-state index contributed by atoms with van der Waals surface area (Å²) in [6, 6.07) is 11.9. The third kappa shape index (κ3) is 4.60. The second-order valence-corrected chi connectivity index (χ2v) is 6.71. The molecule has 0 fully saturated rings. The Hall–Kier alpha value is 0.194. The van der Waals surface area contributed by atoms with Crippen molar-refractivity contribution >= 4 is 36.7 Å². The Labute approximate surface area is 154 Å². The first-order valence-corrected chi connectivity index (χ1v) is 7.75. The molecule has 0 bridgehead atoms. The zero-order valence-electron chi connectivity index (χ0n) is 11.5. The summed E-state index contributed by atoms with van der Waals surface area (Å²) in [5.41, 5.74) is 0.920. The Balaban J connectivity index is 0.00000180. The van der Waals surface area contributed by atoms with Gasteiger partial charge in [0.2, 0.25) is 0 Å². The second kappa shape index (κ2) is 7.99. The smallest absolute Gasteiger partial charge is 0.0822 e. The van der Waals surface area contributed by atoms with Crippen LogP contribution in [0.1, 0.15) is 5.56 Å². The Morgan fingerprint density at radius 2 is 1.80 bits per heavy atom. The Morgan fingerprint density at radius 3 is 2.40 bits per heavy atom. The number of halogens is 1. The molecule has 2 aromatic rings. The molecule has 1 radical (unpaired) electrons. The van der Waals surface area contributed by atoms with Crippen molar-refractivity contribution in [3.05, 3.63) is 60.1 Å². The molecule has 2 rings (SSSR count). The summed E-state index contributed by atoms with van der Waals surface area (Å²) in [6.45, 7) is 0.303. The van der Waals surface area contributed by atoms with Crippen LogP contribution in [0.3, 0.4) is 0 Å². The zero-order valence-corrected chi connectivity index (χ0v) is 16.7. The van der Waals surface area contributed by atoms with Gasteiger partial charge in [0.1, 0.15) is 0 Å². The van der Waals surface area contributed by atoms with Gasteiger partial charge in [-0.3, -0.25) is 0 Å². The summed E-state index contributed by atoms with van der Waals surface area (Å²) >= 11 is 3.54. The number of hydrogen-bond acceptors (Lipinski definition) is 2. The minimum Gasteiger partial charge on any atom is -0.358 e. The van der Waals surface area contributed by atoms with Gasteiger partial charge in [0.25, 0.3) is 0 Å². The van der Waals surface area contributed by atoms with Crippen LogP contribution in [0.4, 0.5) is 0 Å². The quantitative estimate of drug-likeness (QED) is 0.697. The van der Waals surface area contributed by atoms with Crippen LogP contribution >= 0.6 is 15.9 Å². The van der Waals surface area contributed by atoms with Gasteiger partial charge in [-0.05, 0) is 39.3 Å². The van der Waals surface area contributed by atoms with Gasteiger partial charge in [-0.25, -0.2) is 19.0 Å². The van der Waals surface area contributed by atoms with Crippen LogP contribution in [-0.2, 0) is 49.3 Å². The van der Waals surface area contributed by atoms with Crippen molar-refractivity contribution in [3.8, 4) is 0 Å². The summed E-state index contributed by atoms with van der Waals surface area (Å²) in [5.74, 6) is 0. The van der Waals surface area contributed by atoms with E-state index in [0.717, 1.165) is 20.8 Å². The molecule has 0 atom stereocenters. The van der Waals surface area contributed by atoms with Gasteiger partial charge in [0.05, 0.1) is 10.0 Å². The van der Waals surface area contributed by atoms with Crippen molar-refractivity contribution in [2.24, 2.45) is 0 Å². The van der Waals surface area contributed by atoms with Gasteiger partial charge in [-0.1, -0.05) is 36.4 Å². The van der Waals surface area contributed by atoms with Crippen molar-refractivity contribution in [2.75, 3.05) is 7.05 Å². The van der Waals surface area contributed by atoms with Gasteiger partial charge in [0.15, 0.2) is 0 Å². The van der Waals surface area contributed by atoms with Crippen molar-refractivity contribution < 1.29 is 41.1 Å². The monoisotopic (exact) mass is 430 g/mol. The zero-order chi connectivity index (χ0) is 13.3. The molecule has 2 aromatic carbocycles. The van der Waals surface area contributed by atoms with E-state index in [1.54, 1.807) is 0 Å². The summed E-state index contributed by atoms with van der Waals surface area (Å²) in [5, 5.41) is 2.19. The molecule has 0 saturated carbocycles. The van der Waals surface area contributed by atoms with E-state index in [2.05, 4.69) is 22.2 Å². The average Bonchev–Trinajstić information content (AvgIpc) is 2.32. The van der Waals surface area contributed by atoms with Gasteiger partial charge >= 0.3 is 0 Å². The normalized spacial score (nSPS) is 11.0. The standard InChI is InChI=1S/C13H13BrNO2S.CH3.Y/c1-15(18(2,16)17)9-11-8-7-10-5-3-4-6-12(10)13(11)14;;/h3-8H,2,9H2,1H3;1H3;/q2*-1;. The van der Waals surface area contributed by atoms with Crippen LogP contribution < -0.4 is 0 Å². The first-order chi connectivity index (χ1) is 8.39. The third-order valence-corrected chi connectivity index (χ3v) is 4.83. The second-order valence-electron chi connectivity index (χ2n) is 4.13. The molecule has 0 N–H and O–H groups in total. The van der Waals surface area contributed by atoms with E-state index in [1.807, 2.05) is 36.4 Å². The largest absolute Gasteiger partial charge is 0.358 e. The van der Waals surface area contributed by atoms with Crippen LogP contribution in [-0.4, -0.2) is 19.8 Å². The summed E-state index contributed by atoms with van der Waals surface area (Å²) < 4.78 is 24.8. The Morgan fingerprint density at radius 1 is 1.20 bits per heavy atom. The fourth-order valence-corrected chi connectivity index (χ4v) is 2.69. The first kappa shape index (κ1) is 20.2. The molecule has 0 aliphatic carbocycles. The minimum atomic E-state index is -3.41. The summed E-state index contributed by atoms with van der Waals surface area (Å²) in [6.07, 6.45) is 3.14. The van der Waals surface area contributed by atoms with Crippen LogP contribution in [0, 0.1) is 13.7 Å².